The molecule has 0 aliphatic heterocycles. The van der Waals surface area contributed by atoms with Crippen LogP contribution in [0.3, 0.4) is 0 Å². The molecule has 0 fully saturated rings. The van der Waals surface area contributed by atoms with Crippen LogP contribution < -0.4 is 10.9 Å². The lowest BCUT2D eigenvalue weighted by Gasteiger charge is -2.18. The topological polar surface area (TPSA) is 17.8 Å². The highest BCUT2D eigenvalue weighted by molar-refractivity contribution is 6.86. The van der Waals surface area contributed by atoms with Gasteiger partial charge >= 0.3 is 0 Å². The highest BCUT2D eigenvalue weighted by Gasteiger charge is 2.21. The van der Waals surface area contributed by atoms with Crippen LogP contribution in [0.4, 0.5) is 0 Å². The zero-order valence-corrected chi connectivity index (χ0v) is 17.0. The van der Waals surface area contributed by atoms with Crippen LogP contribution in [0.5, 0.6) is 0 Å². The first-order valence-electron chi connectivity index (χ1n) is 9.49. The van der Waals surface area contributed by atoms with Gasteiger partial charge in [0.25, 0.3) is 0 Å². The Morgan fingerprint density at radius 3 is 1.79 bits per heavy atom. The van der Waals surface area contributed by atoms with E-state index < -0.39 is 0 Å². The maximum absolute atomic E-state index is 5.97. The first-order valence-corrected chi connectivity index (χ1v) is 9.87. The summed E-state index contributed by atoms with van der Waals surface area (Å²) in [7, 11) is 0. The van der Waals surface area contributed by atoms with Gasteiger partial charge in [-0.1, -0.05) is 115 Å². The number of halogens is 1. The number of hydrogen-bond acceptors (Lipinski definition) is 1. The van der Waals surface area contributed by atoms with Gasteiger partial charge in [-0.15, -0.1) is 0 Å². The Kier molecular flexibility index (Phi) is 7.10. The predicted octanol–water partition coefficient (Wildman–Crippen LogP) is 5.23. The molecule has 0 saturated heterocycles. The van der Waals surface area contributed by atoms with Crippen molar-refractivity contribution in [2.24, 2.45) is 0 Å². The number of hydrogen-bond donors (Lipinski definition) is 0. The van der Waals surface area contributed by atoms with Crippen LogP contribution in [-0.4, -0.2) is 16.3 Å². The minimum Gasteiger partial charge on any atom is -0.305 e. The molecule has 0 N–H and O–H groups in total. The number of nitrogens with zero attached hydrogens (tertiary/aromatic N) is 2. The van der Waals surface area contributed by atoms with E-state index >= 15 is 0 Å². The van der Waals surface area contributed by atoms with E-state index in [9.17, 15) is 0 Å². The number of rotatable bonds is 4. The zero-order chi connectivity index (χ0) is 19.8. The molecular weight excluding hydrogens is 363 g/mol. The van der Waals surface area contributed by atoms with Gasteiger partial charge in [-0.25, -0.2) is 4.98 Å². The smallest absolute Gasteiger partial charge is 0.211 e. The summed E-state index contributed by atoms with van der Waals surface area (Å²) in [6.07, 6.45) is 5.31. The fourth-order valence-corrected chi connectivity index (χ4v) is 3.58. The molecular formula is C24H24BClN2. The molecule has 0 bridgehead atoms. The van der Waals surface area contributed by atoms with Gasteiger partial charge in [0.05, 0.1) is 17.0 Å². The molecule has 0 saturated carbocycles. The monoisotopic (exact) mass is 386 g/mol. The van der Waals surface area contributed by atoms with Crippen molar-refractivity contribution in [2.45, 2.75) is 19.7 Å². The van der Waals surface area contributed by atoms with Gasteiger partial charge in [0.1, 0.15) is 0 Å². The lowest BCUT2D eigenvalue weighted by molar-refractivity contribution is 1.05. The quantitative estimate of drug-likeness (QED) is 0.439. The van der Waals surface area contributed by atoms with E-state index in [0.717, 1.165) is 10.7 Å². The molecule has 2 nitrogen and oxygen atoms in total. The highest BCUT2D eigenvalue weighted by atomic mass is 35.5. The standard InChI is InChI=1S/C15H17B.C9H7ClN2/c1-13(2)16(14-9-5-3-6-10-14)15-11-7-4-8-12-15;10-8-3-1-2-4-9(8)12-6-5-11-7-12/h3-13H,1-2H3;1-7H. The molecule has 140 valence electrons. The Labute approximate surface area is 172 Å². The molecule has 4 heteroatoms. The normalized spacial score (nSPS) is 10.3. The van der Waals surface area contributed by atoms with Crippen LogP contribution in [0.25, 0.3) is 5.69 Å². The van der Waals surface area contributed by atoms with Gasteiger partial charge in [-0.3, -0.25) is 0 Å². The molecule has 0 unspecified atom stereocenters. The summed E-state index contributed by atoms with van der Waals surface area (Å²) in [5, 5.41) is 0.732. The third kappa shape index (κ3) is 5.14. The molecule has 4 rings (SSSR count). The molecule has 0 spiro atoms. The van der Waals surface area contributed by atoms with Gasteiger partial charge in [0.2, 0.25) is 6.71 Å². The lowest BCUT2D eigenvalue weighted by Crippen LogP contribution is -2.44. The van der Waals surface area contributed by atoms with Crippen LogP contribution in [0.2, 0.25) is 10.8 Å². The Hall–Kier alpha value is -2.78. The van der Waals surface area contributed by atoms with Crippen LogP contribution >= 0.6 is 11.6 Å². The van der Waals surface area contributed by atoms with Crippen LogP contribution in [0.1, 0.15) is 13.8 Å². The molecule has 1 aromatic heterocycles. The fourth-order valence-electron chi connectivity index (χ4n) is 3.35. The van der Waals surface area contributed by atoms with E-state index in [4.69, 9.17) is 11.6 Å². The Morgan fingerprint density at radius 1 is 0.786 bits per heavy atom. The summed E-state index contributed by atoms with van der Waals surface area (Å²) in [5.74, 6) is 0.616. The number of benzene rings is 3. The Balaban J connectivity index is 0.000000167. The summed E-state index contributed by atoms with van der Waals surface area (Å²) in [5.41, 5.74) is 3.77. The molecule has 0 atom stereocenters. The summed E-state index contributed by atoms with van der Waals surface area (Å²) in [6, 6.07) is 29.2. The second-order valence-corrected chi connectivity index (χ2v) is 7.37. The van der Waals surface area contributed by atoms with E-state index in [-0.39, 0.29) is 0 Å². The number of para-hydroxylation sites is 1. The summed E-state index contributed by atoms with van der Waals surface area (Å²) in [6.45, 7) is 5.07. The summed E-state index contributed by atoms with van der Waals surface area (Å²) >= 11 is 5.97. The van der Waals surface area contributed by atoms with Gasteiger partial charge in [-0.05, 0) is 12.1 Å². The third-order valence-electron chi connectivity index (χ3n) is 4.62. The predicted molar refractivity (Wildman–Crippen MR) is 122 cm³/mol. The average Bonchev–Trinajstić information content (AvgIpc) is 3.25. The molecule has 0 amide bonds. The lowest BCUT2D eigenvalue weighted by atomic mass is 9.34. The molecule has 0 aliphatic carbocycles. The SMILES string of the molecule is CC(C)B(c1ccccc1)c1ccccc1.Clc1ccccc1-n1ccnc1. The van der Waals surface area contributed by atoms with Crippen molar-refractivity contribution < 1.29 is 0 Å². The molecule has 0 radical (unpaired) electrons. The van der Waals surface area contributed by atoms with E-state index in [0.29, 0.717) is 12.5 Å². The third-order valence-corrected chi connectivity index (χ3v) is 4.94. The second-order valence-electron chi connectivity index (χ2n) is 6.96. The van der Waals surface area contributed by atoms with Crippen molar-refractivity contribution in [3.63, 3.8) is 0 Å². The maximum atomic E-state index is 5.97. The number of imidazole rings is 1. The summed E-state index contributed by atoms with van der Waals surface area (Å²) < 4.78 is 1.88. The Morgan fingerprint density at radius 2 is 1.32 bits per heavy atom. The second kappa shape index (κ2) is 9.96. The van der Waals surface area contributed by atoms with Crippen molar-refractivity contribution in [1.29, 1.82) is 0 Å². The van der Waals surface area contributed by atoms with Crippen molar-refractivity contribution in [1.82, 2.24) is 9.55 Å². The van der Waals surface area contributed by atoms with Gasteiger partial charge < -0.3 is 4.57 Å². The van der Waals surface area contributed by atoms with E-state index in [2.05, 4.69) is 79.5 Å². The minimum absolute atomic E-state index is 0.502. The van der Waals surface area contributed by atoms with Crippen LogP contribution in [0.15, 0.2) is 104 Å². The molecule has 4 aromatic rings. The minimum atomic E-state index is 0.502. The maximum Gasteiger partial charge on any atom is 0.211 e. The van der Waals surface area contributed by atoms with Gasteiger partial charge in [0.15, 0.2) is 0 Å². The Bertz CT molecular complexity index is 915. The summed E-state index contributed by atoms with van der Waals surface area (Å²) in [4.78, 5) is 3.94. The van der Waals surface area contributed by atoms with Crippen LogP contribution in [0, 0.1) is 0 Å². The van der Waals surface area contributed by atoms with Crippen molar-refractivity contribution in [2.75, 3.05) is 0 Å². The van der Waals surface area contributed by atoms with Crippen molar-refractivity contribution >= 4 is 29.2 Å². The van der Waals surface area contributed by atoms with E-state index in [1.165, 1.54) is 10.9 Å². The largest absolute Gasteiger partial charge is 0.305 e. The van der Waals surface area contributed by atoms with E-state index in [1.54, 1.807) is 12.5 Å². The first-order chi connectivity index (χ1) is 13.7. The first kappa shape index (κ1) is 20.0. The van der Waals surface area contributed by atoms with Gasteiger partial charge in [-0.2, -0.15) is 0 Å². The zero-order valence-electron chi connectivity index (χ0n) is 16.2. The fraction of sp³-hybridized carbons (Fsp3) is 0.125. The van der Waals surface area contributed by atoms with Gasteiger partial charge in [0, 0.05) is 12.4 Å². The molecule has 28 heavy (non-hydrogen) atoms. The molecule has 1 heterocycles. The average molecular weight is 387 g/mol. The van der Waals surface area contributed by atoms with Crippen molar-refractivity contribution in [3.8, 4) is 5.69 Å². The van der Waals surface area contributed by atoms with Crippen LogP contribution in [-0.2, 0) is 0 Å². The molecule has 3 aromatic carbocycles. The van der Waals surface area contributed by atoms with Crippen molar-refractivity contribution in [3.05, 3.63) is 109 Å². The molecule has 0 aliphatic rings. The highest BCUT2D eigenvalue weighted by Crippen LogP contribution is 2.18. The number of aromatic nitrogens is 2. The van der Waals surface area contributed by atoms with E-state index in [1.807, 2.05) is 35.0 Å².